The topological polar surface area (TPSA) is 34.1 Å². The highest BCUT2D eigenvalue weighted by atomic mass is 35.5. The van der Waals surface area contributed by atoms with Crippen molar-refractivity contribution in [1.29, 1.82) is 0 Å². The lowest BCUT2D eigenvalue weighted by Crippen LogP contribution is -1.98. The van der Waals surface area contributed by atoms with Gasteiger partial charge in [-0.15, -0.1) is 0 Å². The normalized spacial score (nSPS) is 10.0. The van der Waals surface area contributed by atoms with Crippen molar-refractivity contribution < 1.29 is 4.74 Å². The minimum Gasteiger partial charge on any atom is -0.487 e. The first-order valence-corrected chi connectivity index (χ1v) is 5.67. The minimum atomic E-state index is 0.416. The van der Waals surface area contributed by atoms with Gasteiger partial charge in [-0.25, -0.2) is 0 Å². The monoisotopic (exact) mass is 248 g/mol. The summed E-state index contributed by atoms with van der Waals surface area (Å²) in [7, 11) is 1.88. The molecule has 4 heteroatoms. The summed E-state index contributed by atoms with van der Waals surface area (Å²) < 4.78 is 5.60. The molecule has 1 aromatic carbocycles. The maximum Gasteiger partial charge on any atom is 0.130 e. The molecule has 0 saturated heterocycles. The zero-order valence-electron chi connectivity index (χ0n) is 9.48. The summed E-state index contributed by atoms with van der Waals surface area (Å²) in [4.78, 5) is 4.17. The van der Waals surface area contributed by atoms with Crippen molar-refractivity contribution in [3.8, 4) is 5.75 Å². The van der Waals surface area contributed by atoms with Gasteiger partial charge in [0.15, 0.2) is 0 Å². The lowest BCUT2D eigenvalue weighted by atomic mass is 10.3. The molecule has 0 bridgehead atoms. The van der Waals surface area contributed by atoms with Crippen LogP contribution in [0, 0.1) is 0 Å². The summed E-state index contributed by atoms with van der Waals surface area (Å²) >= 11 is 5.86. The number of halogens is 1. The largest absolute Gasteiger partial charge is 0.487 e. The summed E-state index contributed by atoms with van der Waals surface area (Å²) in [5.41, 5.74) is 1.87. The van der Waals surface area contributed by atoms with E-state index in [-0.39, 0.29) is 0 Å². The molecular weight excluding hydrogens is 236 g/mol. The van der Waals surface area contributed by atoms with E-state index in [1.807, 2.05) is 31.3 Å². The number of aromatic nitrogens is 1. The highest BCUT2D eigenvalue weighted by molar-refractivity contribution is 6.30. The van der Waals surface area contributed by atoms with E-state index in [9.17, 15) is 0 Å². The molecule has 2 aromatic rings. The molecule has 1 aromatic heterocycles. The predicted molar refractivity (Wildman–Crippen MR) is 69.6 cm³/mol. The van der Waals surface area contributed by atoms with Crippen LogP contribution in [0.5, 0.6) is 5.75 Å². The van der Waals surface area contributed by atoms with Crippen LogP contribution in [0.15, 0.2) is 42.6 Å². The second-order valence-electron chi connectivity index (χ2n) is 3.53. The van der Waals surface area contributed by atoms with E-state index in [0.717, 1.165) is 17.1 Å². The number of hydrogen-bond donors (Lipinski definition) is 1. The van der Waals surface area contributed by atoms with E-state index >= 15 is 0 Å². The number of anilines is 1. The van der Waals surface area contributed by atoms with Crippen molar-refractivity contribution in [1.82, 2.24) is 4.98 Å². The van der Waals surface area contributed by atoms with Crippen molar-refractivity contribution in [2.45, 2.75) is 6.61 Å². The Morgan fingerprint density at radius 3 is 2.65 bits per heavy atom. The van der Waals surface area contributed by atoms with E-state index in [0.29, 0.717) is 11.6 Å². The lowest BCUT2D eigenvalue weighted by molar-refractivity contribution is 0.301. The van der Waals surface area contributed by atoms with E-state index in [1.54, 1.807) is 18.3 Å². The Balaban J connectivity index is 1.97. The van der Waals surface area contributed by atoms with E-state index < -0.39 is 0 Å². The molecule has 1 N–H and O–H groups in total. The molecule has 88 valence electrons. The van der Waals surface area contributed by atoms with Crippen molar-refractivity contribution in [3.63, 3.8) is 0 Å². The maximum absolute atomic E-state index is 5.86. The second-order valence-corrected chi connectivity index (χ2v) is 3.96. The standard InChI is InChI=1S/C13H13ClN2O/c1-15-11-2-4-13(5-3-11)17-9-12-8-10(14)6-7-16-12/h2-8,15H,9H2,1H3. The number of pyridine rings is 1. The molecule has 0 fully saturated rings. The zero-order chi connectivity index (χ0) is 12.1. The molecule has 0 radical (unpaired) electrons. The van der Waals surface area contributed by atoms with Crippen molar-refractivity contribution in [2.24, 2.45) is 0 Å². The van der Waals surface area contributed by atoms with Crippen LogP contribution in [0.3, 0.4) is 0 Å². The van der Waals surface area contributed by atoms with Gasteiger partial charge in [0.05, 0.1) is 5.69 Å². The van der Waals surface area contributed by atoms with Gasteiger partial charge in [0.25, 0.3) is 0 Å². The van der Waals surface area contributed by atoms with Gasteiger partial charge in [0.1, 0.15) is 12.4 Å². The summed E-state index contributed by atoms with van der Waals surface area (Å²) in [5.74, 6) is 0.811. The smallest absolute Gasteiger partial charge is 0.130 e. The molecule has 0 saturated carbocycles. The molecular formula is C13H13ClN2O. The van der Waals surface area contributed by atoms with Gasteiger partial charge in [0.2, 0.25) is 0 Å². The van der Waals surface area contributed by atoms with Gasteiger partial charge in [-0.3, -0.25) is 4.98 Å². The molecule has 17 heavy (non-hydrogen) atoms. The fourth-order valence-corrected chi connectivity index (χ4v) is 1.59. The number of hydrogen-bond acceptors (Lipinski definition) is 3. The Labute approximate surface area is 105 Å². The van der Waals surface area contributed by atoms with Crippen LogP contribution in [-0.4, -0.2) is 12.0 Å². The Bertz CT molecular complexity index is 485. The van der Waals surface area contributed by atoms with Crippen LogP contribution in [0.4, 0.5) is 5.69 Å². The third kappa shape index (κ3) is 3.36. The molecule has 0 aliphatic heterocycles. The van der Waals surface area contributed by atoms with Gasteiger partial charge >= 0.3 is 0 Å². The fourth-order valence-electron chi connectivity index (χ4n) is 1.40. The van der Waals surface area contributed by atoms with Gasteiger partial charge in [-0.1, -0.05) is 11.6 Å². The molecule has 0 aliphatic carbocycles. The first-order valence-electron chi connectivity index (χ1n) is 5.29. The maximum atomic E-state index is 5.86. The van der Waals surface area contributed by atoms with Crippen molar-refractivity contribution in [2.75, 3.05) is 12.4 Å². The van der Waals surface area contributed by atoms with Crippen LogP contribution in [0.1, 0.15) is 5.69 Å². The van der Waals surface area contributed by atoms with Crippen molar-refractivity contribution in [3.05, 3.63) is 53.3 Å². The second kappa shape index (κ2) is 5.55. The summed E-state index contributed by atoms with van der Waals surface area (Å²) in [5, 5.41) is 3.72. The lowest BCUT2D eigenvalue weighted by Gasteiger charge is -2.06. The summed E-state index contributed by atoms with van der Waals surface area (Å²) in [6.07, 6.45) is 1.67. The van der Waals surface area contributed by atoms with Crippen LogP contribution in [0.2, 0.25) is 5.02 Å². The molecule has 2 rings (SSSR count). The van der Waals surface area contributed by atoms with E-state index in [1.165, 1.54) is 0 Å². The minimum absolute atomic E-state index is 0.416. The molecule has 0 atom stereocenters. The molecule has 1 heterocycles. The van der Waals surface area contributed by atoms with Gasteiger partial charge < -0.3 is 10.1 Å². The molecule has 0 unspecified atom stereocenters. The molecule has 0 amide bonds. The number of ether oxygens (including phenoxy) is 1. The Hall–Kier alpha value is -1.74. The van der Waals surface area contributed by atoms with Crippen LogP contribution < -0.4 is 10.1 Å². The third-order valence-corrected chi connectivity index (χ3v) is 2.54. The molecule has 0 aliphatic rings. The Morgan fingerprint density at radius 2 is 2.00 bits per heavy atom. The average Bonchev–Trinajstić information content (AvgIpc) is 2.37. The first-order chi connectivity index (χ1) is 8.28. The highest BCUT2D eigenvalue weighted by Gasteiger charge is 1.98. The van der Waals surface area contributed by atoms with E-state index in [4.69, 9.17) is 16.3 Å². The fraction of sp³-hybridized carbons (Fsp3) is 0.154. The van der Waals surface area contributed by atoms with Gasteiger partial charge in [0, 0.05) is 24.0 Å². The molecule has 3 nitrogen and oxygen atoms in total. The average molecular weight is 249 g/mol. The highest BCUT2D eigenvalue weighted by Crippen LogP contribution is 2.16. The molecule has 0 spiro atoms. The van der Waals surface area contributed by atoms with Crippen LogP contribution >= 0.6 is 11.6 Å². The predicted octanol–water partition coefficient (Wildman–Crippen LogP) is 3.36. The van der Waals surface area contributed by atoms with Crippen LogP contribution in [0.25, 0.3) is 0 Å². The summed E-state index contributed by atoms with van der Waals surface area (Å²) in [6, 6.07) is 11.3. The number of nitrogens with one attached hydrogen (secondary N) is 1. The number of rotatable bonds is 4. The quantitative estimate of drug-likeness (QED) is 0.901. The number of benzene rings is 1. The Kier molecular flexibility index (Phi) is 3.83. The summed E-state index contributed by atoms with van der Waals surface area (Å²) in [6.45, 7) is 0.416. The Morgan fingerprint density at radius 1 is 1.24 bits per heavy atom. The van der Waals surface area contributed by atoms with Crippen molar-refractivity contribution >= 4 is 17.3 Å². The first kappa shape index (κ1) is 11.7. The van der Waals surface area contributed by atoms with E-state index in [2.05, 4.69) is 10.3 Å². The number of nitrogens with zero attached hydrogens (tertiary/aromatic N) is 1. The van der Waals surface area contributed by atoms with Gasteiger partial charge in [-0.05, 0) is 36.4 Å². The zero-order valence-corrected chi connectivity index (χ0v) is 10.2. The third-order valence-electron chi connectivity index (χ3n) is 2.31. The van der Waals surface area contributed by atoms with Crippen LogP contribution in [-0.2, 0) is 6.61 Å². The van der Waals surface area contributed by atoms with Gasteiger partial charge in [-0.2, -0.15) is 0 Å². The SMILES string of the molecule is CNc1ccc(OCc2cc(Cl)ccn2)cc1.